The van der Waals surface area contributed by atoms with Crippen LogP contribution in [0.1, 0.15) is 31.0 Å². The molecular weight excluding hydrogens is 391 g/mol. The largest absolute Gasteiger partial charge is 0.355 e. The first-order valence-electron chi connectivity index (χ1n) is 8.54. The van der Waals surface area contributed by atoms with E-state index >= 15 is 0 Å². The average Bonchev–Trinajstić information content (AvgIpc) is 2.95. The number of hydrogen-bond donors (Lipinski definition) is 2. The van der Waals surface area contributed by atoms with E-state index < -0.39 is 0 Å². The molecule has 8 heteroatoms. The number of piperidine rings is 1. The molecule has 2 N–H and O–H groups in total. The molecule has 0 saturated carbocycles. The van der Waals surface area contributed by atoms with Crippen molar-refractivity contribution in [1.82, 2.24) is 20.0 Å². The molecule has 0 spiro atoms. The maximum Gasteiger partial charge on any atom is 0.230 e. The zero-order valence-corrected chi connectivity index (χ0v) is 17.7. The van der Waals surface area contributed by atoms with Gasteiger partial charge in [0.25, 0.3) is 0 Å². The number of fused-ring (bicyclic) bond motifs is 1. The quantitative estimate of drug-likeness (QED) is 0.755. The van der Waals surface area contributed by atoms with Gasteiger partial charge in [-0.25, -0.2) is 4.98 Å². The monoisotopic (exact) mass is 418 g/mol. The first kappa shape index (κ1) is 23.1. The van der Waals surface area contributed by atoms with Gasteiger partial charge in [0.2, 0.25) is 5.91 Å². The predicted molar refractivity (Wildman–Crippen MR) is 114 cm³/mol. The minimum atomic E-state index is 0. The van der Waals surface area contributed by atoms with E-state index in [-0.39, 0.29) is 36.1 Å². The van der Waals surface area contributed by atoms with Crippen LogP contribution in [0.3, 0.4) is 0 Å². The molecule has 0 atom stereocenters. The third-order valence-corrected chi connectivity index (χ3v) is 5.62. The van der Waals surface area contributed by atoms with Gasteiger partial charge in [-0.2, -0.15) is 0 Å². The molecule has 1 amide bonds. The van der Waals surface area contributed by atoms with Crippen molar-refractivity contribution < 1.29 is 4.79 Å². The topological polar surface area (TPSA) is 58.4 Å². The summed E-state index contributed by atoms with van der Waals surface area (Å²) in [5.41, 5.74) is 3.43. The molecule has 0 aromatic carbocycles. The van der Waals surface area contributed by atoms with Gasteiger partial charge in [-0.05, 0) is 49.9 Å². The molecule has 1 aliphatic rings. The van der Waals surface area contributed by atoms with Crippen LogP contribution >= 0.6 is 36.6 Å². The fraction of sp³-hybridized carbons (Fsp3) is 0.556. The van der Waals surface area contributed by atoms with E-state index in [9.17, 15) is 4.79 Å². The van der Waals surface area contributed by atoms with Gasteiger partial charge in [0, 0.05) is 24.7 Å². The Kier molecular flexibility index (Phi) is 9.24. The molecule has 1 fully saturated rings. The molecule has 0 unspecified atom stereocenters. The maximum absolute atomic E-state index is 12.1. The highest BCUT2D eigenvalue weighted by Gasteiger charge is 2.26. The van der Waals surface area contributed by atoms with Gasteiger partial charge < -0.3 is 15.0 Å². The Labute approximate surface area is 171 Å². The summed E-state index contributed by atoms with van der Waals surface area (Å²) >= 11 is 1.62. The molecule has 2 aromatic rings. The summed E-state index contributed by atoms with van der Waals surface area (Å²) in [5, 5.41) is 6.47. The molecule has 26 heavy (non-hydrogen) atoms. The summed E-state index contributed by atoms with van der Waals surface area (Å²) in [6, 6.07) is 4.09. The number of nitrogens with one attached hydrogen (secondary N) is 2. The van der Waals surface area contributed by atoms with Gasteiger partial charge >= 0.3 is 0 Å². The number of aromatic nitrogens is 2. The second-order valence-electron chi connectivity index (χ2n) is 7.03. The van der Waals surface area contributed by atoms with Crippen molar-refractivity contribution in [2.75, 3.05) is 25.4 Å². The number of rotatable bonds is 6. The number of amides is 1. The van der Waals surface area contributed by atoms with Gasteiger partial charge in [-0.1, -0.05) is 13.0 Å². The lowest BCUT2D eigenvalue weighted by molar-refractivity contribution is -0.119. The zero-order valence-electron chi connectivity index (χ0n) is 15.3. The molecule has 0 bridgehead atoms. The first-order valence-corrected chi connectivity index (χ1v) is 9.69. The molecule has 1 saturated heterocycles. The Morgan fingerprint density at radius 2 is 2.04 bits per heavy atom. The van der Waals surface area contributed by atoms with Crippen LogP contribution in [0.2, 0.25) is 0 Å². The molecule has 146 valence electrons. The summed E-state index contributed by atoms with van der Waals surface area (Å²) in [7, 11) is 0. The maximum atomic E-state index is 12.1. The Morgan fingerprint density at radius 3 is 2.77 bits per heavy atom. The van der Waals surface area contributed by atoms with E-state index in [1.165, 1.54) is 5.56 Å². The van der Waals surface area contributed by atoms with Crippen LogP contribution in [0.15, 0.2) is 24.5 Å². The SMILES string of the molecule is Cc1ccc2nc(CSCC(=O)NCC3(C)CCNCC3)cn2c1.Cl.Cl. The molecular formula is C18H28Cl2N4OS. The molecule has 0 radical (unpaired) electrons. The summed E-state index contributed by atoms with van der Waals surface area (Å²) in [6.45, 7) is 7.21. The molecule has 5 nitrogen and oxygen atoms in total. The molecule has 2 aromatic heterocycles. The molecule has 3 rings (SSSR count). The standard InChI is InChI=1S/C18H26N4OS.2ClH/c1-14-3-4-16-21-15(10-22(16)9-14)11-24-12-17(23)20-13-18(2)5-7-19-8-6-18;;/h3-4,9-10,19H,5-8,11-13H2,1-2H3,(H,20,23);2*1H. The highest BCUT2D eigenvalue weighted by atomic mass is 35.5. The Balaban J connectivity index is 0.00000169. The van der Waals surface area contributed by atoms with Crippen molar-refractivity contribution in [3.8, 4) is 0 Å². The lowest BCUT2D eigenvalue weighted by Gasteiger charge is -2.34. The van der Waals surface area contributed by atoms with Crippen molar-refractivity contribution in [2.45, 2.75) is 32.4 Å². The van der Waals surface area contributed by atoms with Crippen molar-refractivity contribution in [1.29, 1.82) is 0 Å². The first-order chi connectivity index (χ1) is 11.5. The van der Waals surface area contributed by atoms with E-state index in [0.29, 0.717) is 5.75 Å². The van der Waals surface area contributed by atoms with Crippen molar-refractivity contribution in [3.63, 3.8) is 0 Å². The lowest BCUT2D eigenvalue weighted by Crippen LogP contribution is -2.43. The summed E-state index contributed by atoms with van der Waals surface area (Å²) in [6.07, 6.45) is 6.37. The van der Waals surface area contributed by atoms with E-state index in [0.717, 1.165) is 49.6 Å². The molecule has 0 aliphatic carbocycles. The third kappa shape index (κ3) is 6.34. The zero-order chi connectivity index (χ0) is 17.0. The lowest BCUT2D eigenvalue weighted by atomic mass is 9.81. The number of carbonyl (C=O) groups is 1. The number of nitrogens with zero attached hydrogens (tertiary/aromatic N) is 2. The fourth-order valence-corrected chi connectivity index (χ4v) is 3.78. The van der Waals surface area contributed by atoms with Crippen LogP contribution in [0, 0.1) is 12.3 Å². The normalized spacial score (nSPS) is 15.8. The summed E-state index contributed by atoms with van der Waals surface area (Å²) in [5.74, 6) is 1.37. The second-order valence-corrected chi connectivity index (χ2v) is 8.02. The Bertz CT molecular complexity index is 716. The molecule has 1 aliphatic heterocycles. The van der Waals surface area contributed by atoms with Crippen LogP contribution in [0.4, 0.5) is 0 Å². The number of carbonyl (C=O) groups excluding carboxylic acids is 1. The van der Waals surface area contributed by atoms with Gasteiger partial charge in [0.1, 0.15) is 5.65 Å². The van der Waals surface area contributed by atoms with Crippen molar-refractivity contribution in [3.05, 3.63) is 35.8 Å². The number of halogens is 2. The highest BCUT2D eigenvalue weighted by molar-refractivity contribution is 7.99. The van der Waals surface area contributed by atoms with Gasteiger partial charge in [0.15, 0.2) is 0 Å². The highest BCUT2D eigenvalue weighted by Crippen LogP contribution is 2.26. The van der Waals surface area contributed by atoms with Gasteiger partial charge in [-0.3, -0.25) is 4.79 Å². The smallest absolute Gasteiger partial charge is 0.230 e. The van der Waals surface area contributed by atoms with E-state index in [4.69, 9.17) is 0 Å². The minimum absolute atomic E-state index is 0. The average molecular weight is 419 g/mol. The van der Waals surface area contributed by atoms with Crippen LogP contribution in [0.5, 0.6) is 0 Å². The fourth-order valence-electron chi connectivity index (χ4n) is 3.04. The van der Waals surface area contributed by atoms with Crippen molar-refractivity contribution in [2.24, 2.45) is 5.41 Å². The number of pyridine rings is 1. The van der Waals surface area contributed by atoms with Crippen LogP contribution < -0.4 is 10.6 Å². The third-order valence-electron chi connectivity index (χ3n) is 4.65. The van der Waals surface area contributed by atoms with Gasteiger partial charge in [0.05, 0.1) is 11.4 Å². The van der Waals surface area contributed by atoms with Crippen LogP contribution in [-0.4, -0.2) is 40.7 Å². The van der Waals surface area contributed by atoms with E-state index in [1.807, 2.05) is 16.7 Å². The van der Waals surface area contributed by atoms with E-state index in [1.54, 1.807) is 11.8 Å². The minimum Gasteiger partial charge on any atom is -0.355 e. The summed E-state index contributed by atoms with van der Waals surface area (Å²) < 4.78 is 2.04. The van der Waals surface area contributed by atoms with Crippen molar-refractivity contribution >= 4 is 48.1 Å². The van der Waals surface area contributed by atoms with Gasteiger partial charge in [-0.15, -0.1) is 36.6 Å². The van der Waals surface area contributed by atoms with Crippen LogP contribution in [-0.2, 0) is 10.5 Å². The number of imidazole rings is 1. The number of aryl methyl sites for hydroxylation is 1. The molecule has 3 heterocycles. The second kappa shape index (κ2) is 10.4. The van der Waals surface area contributed by atoms with E-state index in [2.05, 4.69) is 41.7 Å². The van der Waals surface area contributed by atoms with Crippen LogP contribution in [0.25, 0.3) is 5.65 Å². The predicted octanol–water partition coefficient (Wildman–Crippen LogP) is 3.23. The number of hydrogen-bond acceptors (Lipinski definition) is 4. The Morgan fingerprint density at radius 1 is 1.31 bits per heavy atom. The Hall–Kier alpha value is -0.950. The number of thioether (sulfide) groups is 1. The summed E-state index contributed by atoms with van der Waals surface area (Å²) in [4.78, 5) is 16.6.